The molecule has 1 fully saturated rings. The van der Waals surface area contributed by atoms with E-state index in [1.54, 1.807) is 0 Å². The quantitative estimate of drug-likeness (QED) is 0.720. The van der Waals surface area contributed by atoms with Crippen molar-refractivity contribution in [1.82, 2.24) is 10.6 Å². The van der Waals surface area contributed by atoms with Gasteiger partial charge in [-0.3, -0.25) is 9.59 Å². The molecule has 1 aliphatic rings. The fourth-order valence-electron chi connectivity index (χ4n) is 3.74. The fraction of sp³-hybridized carbons (Fsp3) is 0.889. The number of hydrogen-bond acceptors (Lipinski definition) is 2. The first-order valence-corrected chi connectivity index (χ1v) is 9.07. The van der Waals surface area contributed by atoms with E-state index in [9.17, 15) is 9.59 Å². The van der Waals surface area contributed by atoms with Crippen molar-refractivity contribution in [3.05, 3.63) is 0 Å². The third-order valence-electron chi connectivity index (χ3n) is 5.11. The van der Waals surface area contributed by atoms with Gasteiger partial charge < -0.3 is 10.6 Å². The fourth-order valence-corrected chi connectivity index (χ4v) is 3.74. The molecule has 2 N–H and O–H groups in total. The number of nitrogens with one attached hydrogen (secondary N) is 2. The van der Waals surface area contributed by atoms with E-state index in [4.69, 9.17) is 0 Å². The average molecular weight is 310 g/mol. The van der Waals surface area contributed by atoms with Crippen molar-refractivity contribution in [2.24, 2.45) is 5.41 Å². The Balaban J connectivity index is 2.73. The van der Waals surface area contributed by atoms with Gasteiger partial charge in [-0.1, -0.05) is 40.5 Å². The Morgan fingerprint density at radius 1 is 0.864 bits per heavy atom. The summed E-state index contributed by atoms with van der Waals surface area (Å²) < 4.78 is 0. The van der Waals surface area contributed by atoms with Gasteiger partial charge in [0.2, 0.25) is 11.8 Å². The zero-order valence-corrected chi connectivity index (χ0v) is 14.8. The topological polar surface area (TPSA) is 58.2 Å². The van der Waals surface area contributed by atoms with Gasteiger partial charge >= 0.3 is 0 Å². The summed E-state index contributed by atoms with van der Waals surface area (Å²) in [6, 6.07) is 0.388. The number of carbonyl (C=O) groups excluding carboxylic acids is 2. The number of carbonyl (C=O) groups is 2. The molecule has 22 heavy (non-hydrogen) atoms. The molecule has 2 unspecified atom stereocenters. The Bertz CT molecular complexity index is 334. The van der Waals surface area contributed by atoms with Gasteiger partial charge in [-0.25, -0.2) is 0 Å². The standard InChI is InChI=1S/C18H34N2O2/c1-5-9-16(21)19-14-11-15(20-17(22)10-6-2)13-18(7-3,8-4)12-14/h14-15H,5-13H2,1-4H3,(H,19,21)(H,20,22). The van der Waals surface area contributed by atoms with Crippen LogP contribution in [0.25, 0.3) is 0 Å². The van der Waals surface area contributed by atoms with Gasteiger partial charge in [0.05, 0.1) is 0 Å². The highest BCUT2D eigenvalue weighted by Gasteiger charge is 2.39. The lowest BCUT2D eigenvalue weighted by Crippen LogP contribution is -2.51. The predicted octanol–water partition coefficient (Wildman–Crippen LogP) is 3.55. The van der Waals surface area contributed by atoms with Crippen LogP contribution in [-0.2, 0) is 9.59 Å². The van der Waals surface area contributed by atoms with Gasteiger partial charge in [0, 0.05) is 24.9 Å². The first kappa shape index (κ1) is 19.0. The van der Waals surface area contributed by atoms with Crippen molar-refractivity contribution >= 4 is 11.8 Å². The molecule has 1 rings (SSSR count). The average Bonchev–Trinajstić information content (AvgIpc) is 2.47. The van der Waals surface area contributed by atoms with E-state index in [2.05, 4.69) is 24.5 Å². The zero-order chi connectivity index (χ0) is 16.6. The third-order valence-corrected chi connectivity index (χ3v) is 5.11. The Kier molecular flexibility index (Phi) is 7.91. The summed E-state index contributed by atoms with van der Waals surface area (Å²) in [5, 5.41) is 6.38. The smallest absolute Gasteiger partial charge is 0.220 e. The second kappa shape index (κ2) is 9.16. The molecule has 2 atom stereocenters. The molecule has 0 aromatic rings. The SMILES string of the molecule is CCCC(=O)NC1CC(NC(=O)CCC)CC(CC)(CC)C1. The van der Waals surface area contributed by atoms with Crippen LogP contribution in [0.4, 0.5) is 0 Å². The molecule has 0 saturated heterocycles. The first-order valence-electron chi connectivity index (χ1n) is 9.07. The van der Waals surface area contributed by atoms with Gasteiger partial charge in [0.15, 0.2) is 0 Å². The van der Waals surface area contributed by atoms with Crippen molar-refractivity contribution in [3.63, 3.8) is 0 Å². The van der Waals surface area contributed by atoms with Crippen LogP contribution in [0.3, 0.4) is 0 Å². The van der Waals surface area contributed by atoms with E-state index in [-0.39, 0.29) is 29.3 Å². The van der Waals surface area contributed by atoms with E-state index < -0.39 is 0 Å². The molecule has 1 saturated carbocycles. The summed E-state index contributed by atoms with van der Waals surface area (Å²) in [4.78, 5) is 23.9. The van der Waals surface area contributed by atoms with E-state index in [0.717, 1.165) is 44.9 Å². The number of amides is 2. The van der Waals surface area contributed by atoms with Crippen molar-refractivity contribution in [1.29, 1.82) is 0 Å². The zero-order valence-electron chi connectivity index (χ0n) is 14.8. The molecule has 4 heteroatoms. The Labute approximate surface area is 135 Å². The highest BCUT2D eigenvalue weighted by Crippen LogP contribution is 2.42. The second-order valence-corrected chi connectivity index (χ2v) is 6.88. The van der Waals surface area contributed by atoms with Crippen LogP contribution in [0.15, 0.2) is 0 Å². The lowest BCUT2D eigenvalue weighted by Gasteiger charge is -2.44. The first-order chi connectivity index (χ1) is 10.5. The Morgan fingerprint density at radius 3 is 1.59 bits per heavy atom. The van der Waals surface area contributed by atoms with Crippen molar-refractivity contribution in [2.45, 2.75) is 97.6 Å². The van der Waals surface area contributed by atoms with E-state index >= 15 is 0 Å². The highest BCUT2D eigenvalue weighted by atomic mass is 16.2. The third kappa shape index (κ3) is 5.62. The molecule has 4 nitrogen and oxygen atoms in total. The molecular formula is C18H34N2O2. The maximum absolute atomic E-state index is 11.9. The van der Waals surface area contributed by atoms with Gasteiger partial charge in [0.1, 0.15) is 0 Å². The Hall–Kier alpha value is -1.06. The molecule has 0 spiro atoms. The van der Waals surface area contributed by atoms with Gasteiger partial charge in [-0.05, 0) is 37.5 Å². The summed E-state index contributed by atoms with van der Waals surface area (Å²) in [5.74, 6) is 0.295. The molecule has 0 aliphatic heterocycles. The minimum absolute atomic E-state index is 0.147. The summed E-state index contributed by atoms with van der Waals surface area (Å²) in [6.07, 6.45) is 8.08. The van der Waals surface area contributed by atoms with E-state index in [1.165, 1.54) is 0 Å². The van der Waals surface area contributed by atoms with Crippen LogP contribution in [0.5, 0.6) is 0 Å². The highest BCUT2D eigenvalue weighted by molar-refractivity contribution is 5.77. The minimum Gasteiger partial charge on any atom is -0.353 e. The largest absolute Gasteiger partial charge is 0.353 e. The van der Waals surface area contributed by atoms with Gasteiger partial charge in [0.25, 0.3) is 0 Å². The molecule has 128 valence electrons. The molecule has 1 aliphatic carbocycles. The normalized spacial score (nSPS) is 23.8. The molecule has 0 aromatic carbocycles. The van der Waals surface area contributed by atoms with Crippen LogP contribution in [0, 0.1) is 5.41 Å². The molecule has 0 heterocycles. The molecular weight excluding hydrogens is 276 g/mol. The molecule has 0 aromatic heterocycles. The lowest BCUT2D eigenvalue weighted by molar-refractivity contribution is -0.123. The van der Waals surface area contributed by atoms with Crippen LogP contribution in [-0.4, -0.2) is 23.9 Å². The minimum atomic E-state index is 0.147. The van der Waals surface area contributed by atoms with Crippen molar-refractivity contribution in [2.75, 3.05) is 0 Å². The lowest BCUT2D eigenvalue weighted by atomic mass is 9.67. The predicted molar refractivity (Wildman–Crippen MR) is 90.5 cm³/mol. The van der Waals surface area contributed by atoms with Crippen LogP contribution in [0.2, 0.25) is 0 Å². The van der Waals surface area contributed by atoms with Crippen LogP contribution >= 0.6 is 0 Å². The summed E-state index contributed by atoms with van der Waals surface area (Å²) in [7, 11) is 0. The van der Waals surface area contributed by atoms with E-state index in [1.807, 2.05) is 13.8 Å². The monoisotopic (exact) mass is 310 g/mol. The van der Waals surface area contributed by atoms with E-state index in [0.29, 0.717) is 12.8 Å². The molecule has 0 bridgehead atoms. The summed E-state index contributed by atoms with van der Waals surface area (Å²) in [6.45, 7) is 8.50. The number of rotatable bonds is 8. The number of hydrogen-bond donors (Lipinski definition) is 2. The van der Waals surface area contributed by atoms with Gasteiger partial charge in [-0.15, -0.1) is 0 Å². The maximum atomic E-state index is 11.9. The van der Waals surface area contributed by atoms with Crippen molar-refractivity contribution in [3.8, 4) is 0 Å². The van der Waals surface area contributed by atoms with Crippen molar-refractivity contribution < 1.29 is 9.59 Å². The maximum Gasteiger partial charge on any atom is 0.220 e. The molecule has 2 amide bonds. The van der Waals surface area contributed by atoms with Crippen LogP contribution < -0.4 is 10.6 Å². The second-order valence-electron chi connectivity index (χ2n) is 6.88. The summed E-state index contributed by atoms with van der Waals surface area (Å²) >= 11 is 0. The summed E-state index contributed by atoms with van der Waals surface area (Å²) in [5.41, 5.74) is 0.243. The van der Waals surface area contributed by atoms with Gasteiger partial charge in [-0.2, -0.15) is 0 Å². The Morgan fingerprint density at radius 2 is 1.27 bits per heavy atom. The van der Waals surface area contributed by atoms with Crippen LogP contribution in [0.1, 0.15) is 85.5 Å². The molecule has 0 radical (unpaired) electrons.